The fourth-order valence-corrected chi connectivity index (χ4v) is 3.33. The standard InChI is InChI=1S/C15H22N2OS/c1-11(2)8-14-10-17-15(19-14)16-9-12-4-6-13(18-3)7-5-12/h4-7,11,14H,8-10H2,1-3H3,(H,16,17). The summed E-state index contributed by atoms with van der Waals surface area (Å²) in [6.45, 7) is 6.31. The van der Waals surface area contributed by atoms with Crippen LogP contribution in [0.1, 0.15) is 25.8 Å². The molecule has 3 nitrogen and oxygen atoms in total. The van der Waals surface area contributed by atoms with E-state index >= 15 is 0 Å². The lowest BCUT2D eigenvalue weighted by Crippen LogP contribution is -2.19. The molecule has 1 aliphatic rings. The number of rotatable bonds is 5. The summed E-state index contributed by atoms with van der Waals surface area (Å²) in [4.78, 5) is 4.56. The molecule has 19 heavy (non-hydrogen) atoms. The van der Waals surface area contributed by atoms with E-state index in [2.05, 4.69) is 36.3 Å². The smallest absolute Gasteiger partial charge is 0.157 e. The van der Waals surface area contributed by atoms with Gasteiger partial charge in [0.05, 0.1) is 13.7 Å². The molecule has 1 unspecified atom stereocenters. The van der Waals surface area contributed by atoms with E-state index < -0.39 is 0 Å². The largest absolute Gasteiger partial charge is 0.497 e. The Hall–Kier alpha value is -1.16. The van der Waals surface area contributed by atoms with Crippen LogP contribution in [0.2, 0.25) is 0 Å². The van der Waals surface area contributed by atoms with Gasteiger partial charge in [-0.25, -0.2) is 0 Å². The summed E-state index contributed by atoms with van der Waals surface area (Å²) < 4.78 is 5.15. The number of ether oxygens (including phenoxy) is 1. The molecule has 104 valence electrons. The van der Waals surface area contributed by atoms with Crippen molar-refractivity contribution in [2.75, 3.05) is 13.7 Å². The van der Waals surface area contributed by atoms with Gasteiger partial charge in [0, 0.05) is 11.8 Å². The zero-order valence-electron chi connectivity index (χ0n) is 11.8. The summed E-state index contributed by atoms with van der Waals surface area (Å²) in [5, 5.41) is 5.15. The van der Waals surface area contributed by atoms with E-state index in [4.69, 9.17) is 4.74 Å². The van der Waals surface area contributed by atoms with Crippen LogP contribution in [-0.2, 0) is 6.54 Å². The molecule has 1 aromatic carbocycles. The first-order valence-corrected chi connectivity index (χ1v) is 7.63. The topological polar surface area (TPSA) is 33.6 Å². The molecule has 0 radical (unpaired) electrons. The second kappa shape index (κ2) is 6.85. The first-order valence-electron chi connectivity index (χ1n) is 6.75. The molecule has 0 saturated heterocycles. The van der Waals surface area contributed by atoms with Crippen LogP contribution in [-0.4, -0.2) is 24.1 Å². The van der Waals surface area contributed by atoms with Gasteiger partial charge in [-0.15, -0.1) is 0 Å². The minimum absolute atomic E-state index is 0.651. The Kier molecular flexibility index (Phi) is 5.14. The van der Waals surface area contributed by atoms with Crippen molar-refractivity contribution in [3.8, 4) is 5.75 Å². The molecule has 1 N–H and O–H groups in total. The van der Waals surface area contributed by atoms with E-state index in [9.17, 15) is 0 Å². The van der Waals surface area contributed by atoms with Crippen molar-refractivity contribution in [2.45, 2.75) is 32.1 Å². The molecular weight excluding hydrogens is 256 g/mol. The third-order valence-electron chi connectivity index (χ3n) is 3.05. The summed E-state index contributed by atoms with van der Waals surface area (Å²) in [5.41, 5.74) is 1.25. The summed E-state index contributed by atoms with van der Waals surface area (Å²) in [6, 6.07) is 8.14. The van der Waals surface area contributed by atoms with Gasteiger partial charge in [0.15, 0.2) is 5.17 Å². The predicted octanol–water partition coefficient (Wildman–Crippen LogP) is 3.30. The lowest BCUT2D eigenvalue weighted by molar-refractivity contribution is 0.414. The minimum Gasteiger partial charge on any atom is -0.497 e. The third-order valence-corrected chi connectivity index (χ3v) is 4.23. The average Bonchev–Trinajstić information content (AvgIpc) is 2.84. The first kappa shape index (κ1) is 14.3. The van der Waals surface area contributed by atoms with E-state index in [0.717, 1.165) is 29.9 Å². The molecule has 0 saturated carbocycles. The van der Waals surface area contributed by atoms with Crippen LogP contribution in [0.15, 0.2) is 29.3 Å². The zero-order valence-corrected chi connectivity index (χ0v) is 12.7. The molecule has 1 atom stereocenters. The zero-order chi connectivity index (χ0) is 13.7. The highest BCUT2D eigenvalue weighted by Gasteiger charge is 2.20. The molecule has 1 aromatic rings. The lowest BCUT2D eigenvalue weighted by Gasteiger charge is -2.11. The second-order valence-electron chi connectivity index (χ2n) is 5.22. The van der Waals surface area contributed by atoms with Gasteiger partial charge in [0.2, 0.25) is 0 Å². The van der Waals surface area contributed by atoms with Crippen LogP contribution >= 0.6 is 11.8 Å². The van der Waals surface area contributed by atoms with Crippen molar-refractivity contribution < 1.29 is 4.74 Å². The quantitative estimate of drug-likeness (QED) is 0.897. The summed E-state index contributed by atoms with van der Waals surface area (Å²) in [6.07, 6.45) is 1.24. The maximum Gasteiger partial charge on any atom is 0.157 e. The predicted molar refractivity (Wildman–Crippen MR) is 83.0 cm³/mol. The Labute approximate surface area is 119 Å². The molecule has 0 aromatic heterocycles. The van der Waals surface area contributed by atoms with Crippen LogP contribution in [0.3, 0.4) is 0 Å². The van der Waals surface area contributed by atoms with Crippen molar-refractivity contribution in [3.63, 3.8) is 0 Å². The molecule has 2 rings (SSSR count). The molecule has 4 heteroatoms. The monoisotopic (exact) mass is 278 g/mol. The van der Waals surface area contributed by atoms with Crippen LogP contribution in [0, 0.1) is 5.92 Å². The van der Waals surface area contributed by atoms with Crippen molar-refractivity contribution in [2.24, 2.45) is 10.9 Å². The summed E-state index contributed by atoms with van der Waals surface area (Å²) in [5.74, 6) is 1.64. The molecular formula is C15H22N2OS. The van der Waals surface area contributed by atoms with Crippen LogP contribution in [0.4, 0.5) is 0 Å². The van der Waals surface area contributed by atoms with Crippen molar-refractivity contribution in [3.05, 3.63) is 29.8 Å². The number of hydrogen-bond acceptors (Lipinski definition) is 4. The fourth-order valence-electron chi connectivity index (χ4n) is 2.08. The van der Waals surface area contributed by atoms with Crippen LogP contribution in [0.5, 0.6) is 5.75 Å². The Morgan fingerprint density at radius 2 is 2.11 bits per heavy atom. The van der Waals surface area contributed by atoms with E-state index in [1.807, 2.05) is 23.9 Å². The number of hydrogen-bond donors (Lipinski definition) is 1. The maximum atomic E-state index is 5.15. The molecule has 0 amide bonds. The Morgan fingerprint density at radius 1 is 1.37 bits per heavy atom. The summed E-state index contributed by atoms with van der Waals surface area (Å²) in [7, 11) is 1.69. The van der Waals surface area contributed by atoms with Gasteiger partial charge < -0.3 is 10.1 Å². The van der Waals surface area contributed by atoms with Gasteiger partial charge in [-0.3, -0.25) is 4.99 Å². The molecule has 0 fully saturated rings. The lowest BCUT2D eigenvalue weighted by atomic mass is 10.1. The Morgan fingerprint density at radius 3 is 2.74 bits per heavy atom. The summed E-state index contributed by atoms with van der Waals surface area (Å²) >= 11 is 1.88. The van der Waals surface area contributed by atoms with Crippen molar-refractivity contribution in [1.29, 1.82) is 0 Å². The van der Waals surface area contributed by atoms with Gasteiger partial charge in [0.25, 0.3) is 0 Å². The van der Waals surface area contributed by atoms with Gasteiger partial charge in [-0.05, 0) is 30.0 Å². The van der Waals surface area contributed by atoms with Crippen LogP contribution < -0.4 is 10.1 Å². The number of benzene rings is 1. The average molecular weight is 278 g/mol. The van der Waals surface area contributed by atoms with E-state index in [1.54, 1.807) is 7.11 Å². The highest BCUT2D eigenvalue weighted by Crippen LogP contribution is 2.25. The number of aliphatic imine (C=N–C) groups is 1. The van der Waals surface area contributed by atoms with Crippen molar-refractivity contribution >= 4 is 16.9 Å². The van der Waals surface area contributed by atoms with Gasteiger partial charge >= 0.3 is 0 Å². The molecule has 0 bridgehead atoms. The highest BCUT2D eigenvalue weighted by atomic mass is 32.2. The van der Waals surface area contributed by atoms with Gasteiger partial charge in [0.1, 0.15) is 5.75 Å². The second-order valence-corrected chi connectivity index (χ2v) is 6.51. The third kappa shape index (κ3) is 4.46. The van der Waals surface area contributed by atoms with Gasteiger partial charge in [-0.2, -0.15) is 0 Å². The Balaban J connectivity index is 1.77. The van der Waals surface area contributed by atoms with E-state index in [0.29, 0.717) is 5.25 Å². The SMILES string of the molecule is COc1ccc(CNC2=NCC(CC(C)C)S2)cc1. The normalized spacial score (nSPS) is 18.5. The number of nitrogens with one attached hydrogen (secondary N) is 1. The van der Waals surface area contributed by atoms with E-state index in [-0.39, 0.29) is 0 Å². The number of methoxy groups -OCH3 is 1. The highest BCUT2D eigenvalue weighted by molar-refractivity contribution is 8.14. The molecule has 0 spiro atoms. The maximum absolute atomic E-state index is 5.15. The van der Waals surface area contributed by atoms with Crippen molar-refractivity contribution in [1.82, 2.24) is 5.32 Å². The number of thioether (sulfide) groups is 1. The molecule has 1 heterocycles. The molecule has 0 aliphatic carbocycles. The van der Waals surface area contributed by atoms with Gasteiger partial charge in [-0.1, -0.05) is 37.7 Å². The Bertz CT molecular complexity index is 428. The minimum atomic E-state index is 0.651. The number of nitrogens with zero attached hydrogens (tertiary/aromatic N) is 1. The number of amidine groups is 1. The molecule has 1 aliphatic heterocycles. The first-order chi connectivity index (χ1) is 9.17. The fraction of sp³-hybridized carbons (Fsp3) is 0.533. The van der Waals surface area contributed by atoms with Crippen LogP contribution in [0.25, 0.3) is 0 Å². The van der Waals surface area contributed by atoms with E-state index in [1.165, 1.54) is 12.0 Å².